The van der Waals surface area contributed by atoms with Gasteiger partial charge in [-0.25, -0.2) is 0 Å². The van der Waals surface area contributed by atoms with Crippen LogP contribution in [-0.2, 0) is 0 Å². The lowest BCUT2D eigenvalue weighted by Gasteiger charge is -2.27. The molecule has 56 heavy (non-hydrogen) atoms. The van der Waals surface area contributed by atoms with E-state index in [2.05, 4.69) is 194 Å². The summed E-state index contributed by atoms with van der Waals surface area (Å²) in [6.45, 7) is 4.97. The second-order valence-corrected chi connectivity index (χ2v) is 21.1. The average Bonchev–Trinajstić information content (AvgIpc) is 3.88. The molecule has 1 aliphatic heterocycles. The summed E-state index contributed by atoms with van der Waals surface area (Å²) >= 11 is 1.86. The fraction of sp³-hybridized carbons (Fsp3) is 0.0385. The van der Waals surface area contributed by atoms with Gasteiger partial charge in [0.05, 0.1) is 0 Å². The van der Waals surface area contributed by atoms with Gasteiger partial charge in [0.15, 0.2) is 0 Å². The molecule has 9 aromatic carbocycles. The topological polar surface area (TPSA) is 16.4 Å². The summed E-state index contributed by atoms with van der Waals surface area (Å²) in [5, 5.41) is 12.8. The highest BCUT2D eigenvalue weighted by molar-refractivity contribution is 7.26. The van der Waals surface area contributed by atoms with E-state index in [1.807, 2.05) is 11.3 Å². The molecule has 264 valence electrons. The highest BCUT2D eigenvalue weighted by atomic mass is 32.1. The molecule has 0 atom stereocenters. The van der Waals surface area contributed by atoms with Crippen LogP contribution in [0.1, 0.15) is 0 Å². The maximum atomic E-state index is 6.67. The molecule has 2 nitrogen and oxygen atoms in total. The first-order valence-corrected chi connectivity index (χ1v) is 23.1. The number of anilines is 3. The van der Waals surface area contributed by atoms with E-state index in [0.717, 1.165) is 33.6 Å². The number of thiophene rings is 1. The predicted molar refractivity (Wildman–Crippen MR) is 244 cm³/mol. The number of fused-ring (bicyclic) bond motifs is 13. The molecule has 0 aliphatic carbocycles. The van der Waals surface area contributed by atoms with Crippen LogP contribution in [0.15, 0.2) is 180 Å². The Morgan fingerprint density at radius 3 is 1.98 bits per heavy atom. The van der Waals surface area contributed by atoms with E-state index >= 15 is 0 Å². The van der Waals surface area contributed by atoms with Gasteiger partial charge in [-0.05, 0) is 109 Å². The Kier molecular flexibility index (Phi) is 6.69. The fourth-order valence-corrected chi connectivity index (χ4v) is 13.7. The summed E-state index contributed by atoms with van der Waals surface area (Å²) in [4.78, 5) is 2.45. The van der Waals surface area contributed by atoms with Crippen molar-refractivity contribution in [1.82, 2.24) is 0 Å². The van der Waals surface area contributed by atoms with Gasteiger partial charge in [0, 0.05) is 53.4 Å². The maximum absolute atomic E-state index is 6.67. The highest BCUT2D eigenvalue weighted by Gasteiger charge is 2.37. The summed E-state index contributed by atoms with van der Waals surface area (Å²) in [5.41, 5.74) is 10.5. The number of hydrogen-bond donors (Lipinski definition) is 0. The van der Waals surface area contributed by atoms with Crippen molar-refractivity contribution >= 4 is 111 Å². The van der Waals surface area contributed by atoms with Gasteiger partial charge in [0.2, 0.25) is 0 Å². The molecule has 0 amide bonds. The zero-order valence-electron chi connectivity index (χ0n) is 31.0. The number of nitrogens with zero attached hydrogens (tertiary/aromatic N) is 1. The summed E-state index contributed by atoms with van der Waals surface area (Å²) in [7, 11) is -1.81. The lowest BCUT2D eigenvalue weighted by atomic mass is 9.98. The van der Waals surface area contributed by atoms with Crippen molar-refractivity contribution in [2.45, 2.75) is 13.1 Å². The summed E-state index contributed by atoms with van der Waals surface area (Å²) in [5.74, 6) is 0. The van der Waals surface area contributed by atoms with Crippen LogP contribution in [-0.4, -0.2) is 8.07 Å². The van der Waals surface area contributed by atoms with Crippen LogP contribution < -0.4 is 15.3 Å². The minimum absolute atomic E-state index is 0.930. The van der Waals surface area contributed by atoms with E-state index in [1.165, 1.54) is 79.7 Å². The van der Waals surface area contributed by atoms with Gasteiger partial charge in [0.1, 0.15) is 19.2 Å². The molecule has 4 heteroatoms. The van der Waals surface area contributed by atoms with E-state index in [9.17, 15) is 0 Å². The molecule has 0 saturated heterocycles. The standard InChI is InChI=1S/C52H35NOSSi/c1-56(2)48-17-8-7-15-41(48)43-30-37(24-29-49(43)56)53(35-21-18-34(19-22-35)39-16-9-12-32-10-3-5-13-38(32)39)36-23-27-46-44(31-36)51-47(55-46)28-26-45-50(51)42-25-20-33-11-4-6-14-40(33)52(42)54-45/h3-31H,1-2H3. The third kappa shape index (κ3) is 4.54. The van der Waals surface area contributed by atoms with E-state index < -0.39 is 8.07 Å². The normalized spacial score (nSPS) is 13.3. The van der Waals surface area contributed by atoms with Crippen LogP contribution in [0.2, 0.25) is 13.1 Å². The zero-order valence-corrected chi connectivity index (χ0v) is 32.8. The fourth-order valence-electron chi connectivity index (χ4n) is 9.55. The summed E-state index contributed by atoms with van der Waals surface area (Å²) in [6.07, 6.45) is 0. The second kappa shape index (κ2) is 11.8. The molecule has 0 fully saturated rings. The van der Waals surface area contributed by atoms with Crippen LogP contribution in [0.4, 0.5) is 17.1 Å². The lowest BCUT2D eigenvalue weighted by Crippen LogP contribution is -2.49. The first-order valence-electron chi connectivity index (χ1n) is 19.3. The Bertz CT molecular complexity index is 3400. The molecule has 11 aromatic rings. The molecule has 0 N–H and O–H groups in total. The number of hydrogen-bond acceptors (Lipinski definition) is 3. The van der Waals surface area contributed by atoms with Gasteiger partial charge in [-0.3, -0.25) is 0 Å². The summed E-state index contributed by atoms with van der Waals surface area (Å²) in [6, 6.07) is 65.1. The van der Waals surface area contributed by atoms with Crippen LogP contribution in [0.25, 0.3) is 85.9 Å². The average molecular weight is 750 g/mol. The molecule has 0 unspecified atom stereocenters. The van der Waals surface area contributed by atoms with Crippen molar-refractivity contribution in [2.75, 3.05) is 4.90 Å². The SMILES string of the molecule is C[Si]1(C)c2ccccc2-c2cc(N(c3ccc(-c4cccc5ccccc45)cc3)c3ccc4sc5ccc6oc7c8ccccc8ccc7c6c5c4c3)ccc21. The first-order chi connectivity index (χ1) is 27.5. The minimum atomic E-state index is -1.81. The maximum Gasteiger partial charge on any atom is 0.143 e. The van der Waals surface area contributed by atoms with E-state index in [-0.39, 0.29) is 0 Å². The van der Waals surface area contributed by atoms with Gasteiger partial charge in [-0.2, -0.15) is 0 Å². The molecule has 2 aromatic heterocycles. The molecule has 3 heterocycles. The van der Waals surface area contributed by atoms with Crippen molar-refractivity contribution in [3.63, 3.8) is 0 Å². The van der Waals surface area contributed by atoms with Gasteiger partial charge in [0.25, 0.3) is 0 Å². The van der Waals surface area contributed by atoms with Gasteiger partial charge < -0.3 is 9.32 Å². The van der Waals surface area contributed by atoms with Crippen LogP contribution in [0.3, 0.4) is 0 Å². The molecular weight excluding hydrogens is 715 g/mol. The van der Waals surface area contributed by atoms with Gasteiger partial charge in [-0.1, -0.05) is 128 Å². The van der Waals surface area contributed by atoms with Crippen molar-refractivity contribution in [2.24, 2.45) is 0 Å². The lowest BCUT2D eigenvalue weighted by molar-refractivity contribution is 0.673. The number of furan rings is 1. The molecule has 1 aliphatic rings. The largest absolute Gasteiger partial charge is 0.455 e. The molecule has 12 rings (SSSR count). The molecule has 0 radical (unpaired) electrons. The monoisotopic (exact) mass is 749 g/mol. The third-order valence-electron chi connectivity index (χ3n) is 12.3. The predicted octanol–water partition coefficient (Wildman–Crippen LogP) is 14.2. The van der Waals surface area contributed by atoms with E-state index in [1.54, 1.807) is 0 Å². The van der Waals surface area contributed by atoms with Crippen LogP contribution >= 0.6 is 11.3 Å². The first kappa shape index (κ1) is 31.8. The molecule has 0 saturated carbocycles. The van der Waals surface area contributed by atoms with Gasteiger partial charge >= 0.3 is 0 Å². The van der Waals surface area contributed by atoms with Crippen molar-refractivity contribution in [1.29, 1.82) is 0 Å². The Morgan fingerprint density at radius 2 is 1.11 bits per heavy atom. The highest BCUT2D eigenvalue weighted by Crippen LogP contribution is 2.47. The van der Waals surface area contributed by atoms with Crippen LogP contribution in [0.5, 0.6) is 0 Å². The minimum Gasteiger partial charge on any atom is -0.455 e. The number of rotatable bonds is 4. The van der Waals surface area contributed by atoms with Crippen molar-refractivity contribution in [3.8, 4) is 22.3 Å². The Balaban J connectivity index is 1.08. The third-order valence-corrected chi connectivity index (χ3v) is 17.0. The molecule has 0 spiro atoms. The van der Waals surface area contributed by atoms with Gasteiger partial charge in [-0.15, -0.1) is 11.3 Å². The van der Waals surface area contributed by atoms with Crippen molar-refractivity contribution < 1.29 is 4.42 Å². The molecule has 0 bridgehead atoms. The second-order valence-electron chi connectivity index (χ2n) is 15.7. The van der Waals surface area contributed by atoms with Crippen LogP contribution in [0, 0.1) is 0 Å². The van der Waals surface area contributed by atoms with Crippen molar-refractivity contribution in [3.05, 3.63) is 176 Å². The Labute approximate surface area is 329 Å². The van der Waals surface area contributed by atoms with E-state index in [0.29, 0.717) is 0 Å². The Hall–Kier alpha value is -6.46. The Morgan fingerprint density at radius 1 is 0.446 bits per heavy atom. The molecular formula is C52H35NOSSi. The smallest absolute Gasteiger partial charge is 0.143 e. The van der Waals surface area contributed by atoms with E-state index in [4.69, 9.17) is 4.42 Å². The summed E-state index contributed by atoms with van der Waals surface area (Å²) < 4.78 is 9.21. The zero-order chi connectivity index (χ0) is 37.1. The quantitative estimate of drug-likeness (QED) is 0.167. The number of benzene rings is 9.